The molecular weight excluding hydrogens is 454 g/mol. The second-order valence-electron chi connectivity index (χ2n) is 8.57. The Morgan fingerprint density at radius 3 is 2.60 bits per heavy atom. The summed E-state index contributed by atoms with van der Waals surface area (Å²) in [6.07, 6.45) is 2.01. The van der Waals surface area contributed by atoms with Crippen molar-refractivity contribution in [3.63, 3.8) is 0 Å². The van der Waals surface area contributed by atoms with E-state index in [0.717, 1.165) is 43.1 Å². The van der Waals surface area contributed by atoms with E-state index in [-0.39, 0.29) is 17.7 Å². The molecular formula is C25H24F2N6O2. The third-order valence-corrected chi connectivity index (χ3v) is 6.12. The summed E-state index contributed by atoms with van der Waals surface area (Å²) in [5, 5.41) is 11.8. The van der Waals surface area contributed by atoms with Gasteiger partial charge in [0.2, 0.25) is 5.82 Å². The maximum atomic E-state index is 13.6. The van der Waals surface area contributed by atoms with E-state index in [1.54, 1.807) is 0 Å². The van der Waals surface area contributed by atoms with Crippen molar-refractivity contribution in [2.45, 2.75) is 25.4 Å². The van der Waals surface area contributed by atoms with Crippen LogP contribution in [0.4, 0.5) is 14.8 Å². The van der Waals surface area contributed by atoms with Crippen molar-refractivity contribution in [1.29, 1.82) is 0 Å². The first-order chi connectivity index (χ1) is 17.0. The molecule has 0 unspecified atom stereocenters. The summed E-state index contributed by atoms with van der Waals surface area (Å²) in [6, 6.07) is 14.1. The van der Waals surface area contributed by atoms with Crippen molar-refractivity contribution in [3.05, 3.63) is 82.1 Å². The van der Waals surface area contributed by atoms with Gasteiger partial charge < -0.3 is 14.7 Å². The Bertz CT molecular complexity index is 1380. The third-order valence-electron chi connectivity index (χ3n) is 6.12. The lowest BCUT2D eigenvalue weighted by molar-refractivity contribution is 0.380. The summed E-state index contributed by atoms with van der Waals surface area (Å²) in [4.78, 5) is 19.0. The van der Waals surface area contributed by atoms with Crippen LogP contribution in [-0.2, 0) is 6.54 Å². The molecule has 0 bridgehead atoms. The highest BCUT2D eigenvalue weighted by molar-refractivity contribution is 5.59. The first-order valence-electron chi connectivity index (χ1n) is 11.4. The molecule has 10 heteroatoms. The molecule has 1 fully saturated rings. The molecule has 0 atom stereocenters. The average molecular weight is 479 g/mol. The van der Waals surface area contributed by atoms with Gasteiger partial charge in [-0.15, -0.1) is 0 Å². The maximum absolute atomic E-state index is 13.6. The minimum absolute atomic E-state index is 0.165. The van der Waals surface area contributed by atoms with Crippen LogP contribution in [0.3, 0.4) is 0 Å². The predicted octanol–water partition coefficient (Wildman–Crippen LogP) is 3.48. The number of rotatable bonds is 6. The van der Waals surface area contributed by atoms with Gasteiger partial charge in [0.15, 0.2) is 0 Å². The molecule has 4 aromatic rings. The summed E-state index contributed by atoms with van der Waals surface area (Å²) in [5.74, 6) is -0.970. The van der Waals surface area contributed by atoms with Crippen LogP contribution in [-0.4, -0.2) is 46.1 Å². The second kappa shape index (κ2) is 9.75. The second-order valence-corrected chi connectivity index (χ2v) is 8.57. The number of aromatic nitrogens is 4. The van der Waals surface area contributed by atoms with E-state index < -0.39 is 11.6 Å². The van der Waals surface area contributed by atoms with Crippen LogP contribution in [0.1, 0.15) is 18.4 Å². The van der Waals surface area contributed by atoms with E-state index in [1.807, 2.05) is 36.2 Å². The maximum Gasteiger partial charge on any atom is 0.324 e. The van der Waals surface area contributed by atoms with E-state index in [9.17, 15) is 13.6 Å². The number of nitrogens with zero attached hydrogens (tertiary/aromatic N) is 5. The zero-order chi connectivity index (χ0) is 24.4. The Kier molecular flexibility index (Phi) is 6.37. The summed E-state index contributed by atoms with van der Waals surface area (Å²) in [6.45, 7) is 2.08. The first kappa shape index (κ1) is 22.9. The minimum Gasteiger partial charge on any atom is -0.324 e. The SMILES string of the molecule is CN(c1nc(-c2cccc(Cn3nc(-c4cc(F)cc(F)c4)ccc3=O)c2)no1)C1CCNCC1. The van der Waals surface area contributed by atoms with Gasteiger partial charge in [0.05, 0.1) is 12.2 Å². The van der Waals surface area contributed by atoms with E-state index in [0.29, 0.717) is 23.6 Å². The Morgan fingerprint density at radius 2 is 1.83 bits per heavy atom. The van der Waals surface area contributed by atoms with Gasteiger partial charge in [-0.3, -0.25) is 4.79 Å². The zero-order valence-corrected chi connectivity index (χ0v) is 19.1. The lowest BCUT2D eigenvalue weighted by Crippen LogP contribution is -2.41. The molecule has 0 radical (unpaired) electrons. The Labute approximate surface area is 200 Å². The van der Waals surface area contributed by atoms with Gasteiger partial charge in [-0.05, 0) is 55.8 Å². The van der Waals surface area contributed by atoms with Crippen molar-refractivity contribution < 1.29 is 13.3 Å². The van der Waals surface area contributed by atoms with E-state index in [2.05, 4.69) is 20.6 Å². The van der Waals surface area contributed by atoms with E-state index in [1.165, 1.54) is 28.9 Å². The van der Waals surface area contributed by atoms with Crippen LogP contribution in [0.5, 0.6) is 0 Å². The van der Waals surface area contributed by atoms with Crippen LogP contribution in [0, 0.1) is 11.6 Å². The molecule has 1 saturated heterocycles. The summed E-state index contributed by atoms with van der Waals surface area (Å²) in [5.41, 5.74) is 1.75. The molecule has 0 aliphatic carbocycles. The van der Waals surface area contributed by atoms with Crippen molar-refractivity contribution in [2.75, 3.05) is 25.0 Å². The highest BCUT2D eigenvalue weighted by Crippen LogP contribution is 2.24. The highest BCUT2D eigenvalue weighted by atomic mass is 19.1. The largest absolute Gasteiger partial charge is 0.324 e. The molecule has 1 aliphatic rings. The fourth-order valence-electron chi connectivity index (χ4n) is 4.23. The van der Waals surface area contributed by atoms with E-state index in [4.69, 9.17) is 4.52 Å². The van der Waals surface area contributed by atoms with Gasteiger partial charge in [-0.25, -0.2) is 13.5 Å². The average Bonchev–Trinajstić information content (AvgIpc) is 3.35. The molecule has 1 N–H and O–H groups in total. The van der Waals surface area contributed by atoms with Crippen molar-refractivity contribution in [3.8, 4) is 22.6 Å². The minimum atomic E-state index is -0.711. The summed E-state index contributed by atoms with van der Waals surface area (Å²) in [7, 11) is 1.96. The van der Waals surface area contributed by atoms with Crippen molar-refractivity contribution in [2.24, 2.45) is 0 Å². The van der Waals surface area contributed by atoms with Gasteiger partial charge in [0.25, 0.3) is 5.56 Å². The monoisotopic (exact) mass is 478 g/mol. The number of piperidine rings is 1. The highest BCUT2D eigenvalue weighted by Gasteiger charge is 2.22. The molecule has 8 nitrogen and oxygen atoms in total. The number of anilines is 1. The molecule has 1 aliphatic heterocycles. The number of hydrogen-bond donors (Lipinski definition) is 1. The summed E-state index contributed by atoms with van der Waals surface area (Å²) >= 11 is 0. The standard InChI is InChI=1S/C25H24F2N6O2/c1-32(21-7-9-28-10-8-21)25-29-24(31-35-25)17-4-2-3-16(11-17)15-33-23(34)6-5-22(30-33)18-12-19(26)14-20(27)13-18/h2-6,11-14,21,28H,7-10,15H2,1H3. The normalized spacial score (nSPS) is 14.3. The fraction of sp³-hybridized carbons (Fsp3) is 0.280. The van der Waals surface area contributed by atoms with Gasteiger partial charge >= 0.3 is 6.01 Å². The van der Waals surface area contributed by atoms with Gasteiger partial charge in [0, 0.05) is 36.3 Å². The van der Waals surface area contributed by atoms with Crippen LogP contribution < -0.4 is 15.8 Å². The molecule has 2 aromatic heterocycles. The van der Waals surface area contributed by atoms with Crippen LogP contribution >= 0.6 is 0 Å². The topological polar surface area (TPSA) is 89.1 Å². The number of halogens is 2. The quantitative estimate of drug-likeness (QED) is 0.454. The molecule has 0 saturated carbocycles. The molecule has 180 valence electrons. The van der Waals surface area contributed by atoms with Gasteiger partial charge in [-0.1, -0.05) is 23.4 Å². The zero-order valence-electron chi connectivity index (χ0n) is 19.1. The number of hydrogen-bond acceptors (Lipinski definition) is 7. The van der Waals surface area contributed by atoms with Crippen LogP contribution in [0.15, 0.2) is 63.9 Å². The van der Waals surface area contributed by atoms with Gasteiger partial charge in [-0.2, -0.15) is 10.1 Å². The molecule has 35 heavy (non-hydrogen) atoms. The smallest absolute Gasteiger partial charge is 0.324 e. The molecule has 2 aromatic carbocycles. The molecule has 5 rings (SSSR count). The Morgan fingerprint density at radius 1 is 1.06 bits per heavy atom. The van der Waals surface area contributed by atoms with Crippen molar-refractivity contribution in [1.82, 2.24) is 25.2 Å². The predicted molar refractivity (Wildman–Crippen MR) is 127 cm³/mol. The van der Waals surface area contributed by atoms with Gasteiger partial charge in [0.1, 0.15) is 11.6 Å². The molecule has 0 spiro atoms. The Balaban J connectivity index is 1.37. The Hall–Kier alpha value is -3.92. The number of nitrogens with one attached hydrogen (secondary N) is 1. The van der Waals surface area contributed by atoms with Crippen molar-refractivity contribution >= 4 is 6.01 Å². The van der Waals surface area contributed by atoms with Crippen LogP contribution in [0.2, 0.25) is 0 Å². The molecule has 0 amide bonds. The third kappa shape index (κ3) is 5.12. The lowest BCUT2D eigenvalue weighted by atomic mass is 10.1. The first-order valence-corrected chi connectivity index (χ1v) is 11.4. The fourth-order valence-corrected chi connectivity index (χ4v) is 4.23. The van der Waals surface area contributed by atoms with Crippen LogP contribution in [0.25, 0.3) is 22.6 Å². The molecule has 3 heterocycles. The number of benzene rings is 2. The summed E-state index contributed by atoms with van der Waals surface area (Å²) < 4.78 is 34.0. The van der Waals surface area contributed by atoms with E-state index >= 15 is 0 Å². The lowest BCUT2D eigenvalue weighted by Gasteiger charge is -2.29.